The first-order valence-electron chi connectivity index (χ1n) is 9.55. The van der Waals surface area contributed by atoms with E-state index in [2.05, 4.69) is 42.1 Å². The molecule has 0 radical (unpaired) electrons. The molecule has 0 aliphatic carbocycles. The van der Waals surface area contributed by atoms with Crippen LogP contribution in [0, 0.1) is 6.92 Å². The van der Waals surface area contributed by atoms with Gasteiger partial charge in [-0.3, -0.25) is 15.4 Å². The molecule has 0 atom stereocenters. The van der Waals surface area contributed by atoms with Crippen LogP contribution in [0.4, 0.5) is 26.4 Å². The molecule has 11 heteroatoms. The summed E-state index contributed by atoms with van der Waals surface area (Å²) in [7, 11) is 0. The Morgan fingerprint density at radius 1 is 1.07 bits per heavy atom. The first-order valence-corrected chi connectivity index (χ1v) is 11.2. The predicted octanol–water partition coefficient (Wildman–Crippen LogP) is 4.19. The second kappa shape index (κ2) is 9.18. The SMILES string of the molecule is Cc1ccc(NC(=O)Nc2ncc(C(=O)Nc3nncs3)s2)c(N2CCCCC2)c1. The van der Waals surface area contributed by atoms with Gasteiger partial charge < -0.3 is 10.2 Å². The molecule has 4 rings (SSSR count). The van der Waals surface area contributed by atoms with Gasteiger partial charge in [0.25, 0.3) is 5.91 Å². The van der Waals surface area contributed by atoms with Crippen molar-refractivity contribution in [1.29, 1.82) is 0 Å². The average molecular weight is 444 g/mol. The molecule has 156 valence electrons. The normalized spacial score (nSPS) is 13.7. The first kappa shape index (κ1) is 20.2. The summed E-state index contributed by atoms with van der Waals surface area (Å²) in [5, 5.41) is 16.4. The van der Waals surface area contributed by atoms with E-state index in [9.17, 15) is 9.59 Å². The van der Waals surface area contributed by atoms with Gasteiger partial charge in [0.05, 0.1) is 17.6 Å². The van der Waals surface area contributed by atoms with E-state index in [4.69, 9.17) is 0 Å². The predicted molar refractivity (Wildman–Crippen MR) is 120 cm³/mol. The summed E-state index contributed by atoms with van der Waals surface area (Å²) in [5.41, 5.74) is 4.46. The Morgan fingerprint density at radius 3 is 2.67 bits per heavy atom. The minimum absolute atomic E-state index is 0.335. The number of rotatable bonds is 5. The van der Waals surface area contributed by atoms with Crippen LogP contribution in [-0.4, -0.2) is 40.2 Å². The third kappa shape index (κ3) is 4.92. The van der Waals surface area contributed by atoms with Crippen molar-refractivity contribution in [3.63, 3.8) is 0 Å². The summed E-state index contributed by atoms with van der Waals surface area (Å²) < 4.78 is 0. The number of nitrogens with one attached hydrogen (secondary N) is 3. The van der Waals surface area contributed by atoms with E-state index >= 15 is 0 Å². The summed E-state index contributed by atoms with van der Waals surface area (Å²) in [5.74, 6) is -0.344. The van der Waals surface area contributed by atoms with Crippen LogP contribution < -0.4 is 20.9 Å². The van der Waals surface area contributed by atoms with E-state index in [0.29, 0.717) is 15.1 Å². The molecule has 1 saturated heterocycles. The van der Waals surface area contributed by atoms with Crippen molar-refractivity contribution < 1.29 is 9.59 Å². The van der Waals surface area contributed by atoms with Gasteiger partial charge >= 0.3 is 6.03 Å². The Bertz CT molecular complexity index is 1030. The van der Waals surface area contributed by atoms with E-state index in [1.807, 2.05) is 19.1 Å². The minimum Gasteiger partial charge on any atom is -0.370 e. The number of thiazole rings is 1. The summed E-state index contributed by atoms with van der Waals surface area (Å²) >= 11 is 2.31. The molecule has 1 aliphatic heterocycles. The lowest BCUT2D eigenvalue weighted by Crippen LogP contribution is -2.31. The van der Waals surface area contributed by atoms with Crippen LogP contribution in [0.2, 0.25) is 0 Å². The van der Waals surface area contributed by atoms with Crippen molar-refractivity contribution in [2.75, 3.05) is 33.9 Å². The molecule has 0 spiro atoms. The summed E-state index contributed by atoms with van der Waals surface area (Å²) in [4.78, 5) is 31.6. The topological polar surface area (TPSA) is 112 Å². The third-order valence-corrected chi connectivity index (χ3v) is 6.15. The number of piperidine rings is 1. The van der Waals surface area contributed by atoms with Gasteiger partial charge in [-0.25, -0.2) is 9.78 Å². The first-order chi connectivity index (χ1) is 14.6. The highest BCUT2D eigenvalue weighted by Gasteiger charge is 2.17. The largest absolute Gasteiger partial charge is 0.370 e. The van der Waals surface area contributed by atoms with Crippen molar-refractivity contribution in [2.45, 2.75) is 26.2 Å². The third-order valence-electron chi connectivity index (χ3n) is 4.63. The lowest BCUT2D eigenvalue weighted by molar-refractivity contribution is 0.103. The molecule has 2 aromatic heterocycles. The smallest absolute Gasteiger partial charge is 0.325 e. The van der Waals surface area contributed by atoms with Gasteiger partial charge in [-0.2, -0.15) is 0 Å². The van der Waals surface area contributed by atoms with E-state index < -0.39 is 6.03 Å². The Kier molecular flexibility index (Phi) is 6.19. The number of benzene rings is 1. The number of carbonyl (C=O) groups excluding carboxylic acids is 2. The number of nitrogens with zero attached hydrogens (tertiary/aromatic N) is 4. The second-order valence-electron chi connectivity index (χ2n) is 6.88. The maximum atomic E-state index is 12.5. The average Bonchev–Trinajstić information content (AvgIpc) is 3.42. The van der Waals surface area contributed by atoms with Crippen molar-refractivity contribution in [3.8, 4) is 0 Å². The number of urea groups is 1. The molecule has 3 aromatic rings. The fourth-order valence-corrected chi connectivity index (χ4v) is 4.36. The molecule has 0 saturated carbocycles. The molecule has 1 fully saturated rings. The number of carbonyl (C=O) groups is 2. The number of amides is 3. The number of hydrogen-bond donors (Lipinski definition) is 3. The number of anilines is 4. The standard InChI is InChI=1S/C19H21N7O2S2/c1-12-5-6-13(14(9-12)26-7-3-2-4-8-26)22-17(28)24-18-20-10-15(30-18)16(27)23-19-25-21-11-29-19/h5-6,9-11H,2-4,7-8H2,1H3,(H,23,25,27)(H2,20,22,24,28). The van der Waals surface area contributed by atoms with Gasteiger partial charge in [0.2, 0.25) is 5.13 Å². The summed E-state index contributed by atoms with van der Waals surface area (Å²) in [6, 6.07) is 5.59. The minimum atomic E-state index is -0.400. The quantitative estimate of drug-likeness (QED) is 0.545. The van der Waals surface area contributed by atoms with Crippen LogP contribution in [0.5, 0.6) is 0 Å². The van der Waals surface area contributed by atoms with E-state index in [-0.39, 0.29) is 5.91 Å². The van der Waals surface area contributed by atoms with Gasteiger partial charge in [-0.05, 0) is 43.9 Å². The number of hydrogen-bond acceptors (Lipinski definition) is 8. The highest BCUT2D eigenvalue weighted by Crippen LogP contribution is 2.30. The Labute approximate surface area is 181 Å². The van der Waals surface area contributed by atoms with E-state index in [1.54, 1.807) is 0 Å². The molecular formula is C19H21N7O2S2. The van der Waals surface area contributed by atoms with E-state index in [0.717, 1.165) is 54.2 Å². The molecule has 3 N–H and O–H groups in total. The van der Waals surface area contributed by atoms with Crippen LogP contribution >= 0.6 is 22.7 Å². The Balaban J connectivity index is 1.40. The summed E-state index contributed by atoms with van der Waals surface area (Å²) in [6.07, 6.45) is 4.97. The van der Waals surface area contributed by atoms with Crippen LogP contribution in [0.3, 0.4) is 0 Å². The molecule has 1 aliphatic rings. The fourth-order valence-electron chi connectivity index (χ4n) is 3.22. The van der Waals surface area contributed by atoms with Gasteiger partial charge in [0, 0.05) is 13.1 Å². The fraction of sp³-hybridized carbons (Fsp3) is 0.316. The van der Waals surface area contributed by atoms with Crippen LogP contribution in [-0.2, 0) is 0 Å². The molecule has 0 unspecified atom stereocenters. The zero-order chi connectivity index (χ0) is 20.9. The second-order valence-corrected chi connectivity index (χ2v) is 8.74. The van der Waals surface area contributed by atoms with Crippen molar-refractivity contribution in [1.82, 2.24) is 15.2 Å². The molecule has 3 amide bonds. The lowest BCUT2D eigenvalue weighted by Gasteiger charge is -2.30. The molecule has 30 heavy (non-hydrogen) atoms. The number of aryl methyl sites for hydroxylation is 1. The van der Waals surface area contributed by atoms with Crippen LogP contribution in [0.1, 0.15) is 34.5 Å². The zero-order valence-electron chi connectivity index (χ0n) is 16.3. The molecule has 0 bridgehead atoms. The lowest BCUT2D eigenvalue weighted by atomic mass is 10.1. The maximum absolute atomic E-state index is 12.5. The van der Waals surface area contributed by atoms with Gasteiger partial charge in [-0.15, -0.1) is 10.2 Å². The monoisotopic (exact) mass is 443 g/mol. The van der Waals surface area contributed by atoms with Crippen LogP contribution in [0.25, 0.3) is 0 Å². The number of aromatic nitrogens is 3. The maximum Gasteiger partial charge on any atom is 0.325 e. The van der Waals surface area contributed by atoms with Crippen molar-refractivity contribution in [2.24, 2.45) is 0 Å². The Morgan fingerprint density at radius 2 is 1.90 bits per heavy atom. The van der Waals surface area contributed by atoms with Gasteiger partial charge in [-0.1, -0.05) is 28.7 Å². The molecule has 3 heterocycles. The Hall–Kier alpha value is -3.05. The highest BCUT2D eigenvalue weighted by atomic mass is 32.1. The van der Waals surface area contributed by atoms with Gasteiger partial charge in [0.1, 0.15) is 10.4 Å². The zero-order valence-corrected chi connectivity index (χ0v) is 18.0. The van der Waals surface area contributed by atoms with E-state index in [1.165, 1.54) is 29.5 Å². The van der Waals surface area contributed by atoms with Gasteiger partial charge in [0.15, 0.2) is 5.13 Å². The molecule has 9 nitrogen and oxygen atoms in total. The summed E-state index contributed by atoms with van der Waals surface area (Å²) in [6.45, 7) is 4.01. The van der Waals surface area contributed by atoms with Crippen molar-refractivity contribution >= 4 is 56.2 Å². The van der Waals surface area contributed by atoms with Crippen molar-refractivity contribution in [3.05, 3.63) is 40.3 Å². The molecular weight excluding hydrogens is 422 g/mol. The highest BCUT2D eigenvalue weighted by molar-refractivity contribution is 7.18. The molecule has 1 aromatic carbocycles. The van der Waals surface area contributed by atoms with Crippen LogP contribution in [0.15, 0.2) is 29.9 Å².